The molecule has 2 heterocycles. The molecule has 0 amide bonds. The highest BCUT2D eigenvalue weighted by atomic mass is 16.4. The van der Waals surface area contributed by atoms with E-state index in [9.17, 15) is 14.7 Å². The van der Waals surface area contributed by atoms with E-state index in [1.165, 1.54) is 6.07 Å². The number of carboxylic acids is 1. The summed E-state index contributed by atoms with van der Waals surface area (Å²) in [7, 11) is 0. The predicted octanol–water partition coefficient (Wildman–Crippen LogP) is 2.68. The summed E-state index contributed by atoms with van der Waals surface area (Å²) in [6.45, 7) is 2.12. The topological polar surface area (TPSA) is 72.2 Å². The molecule has 0 saturated carbocycles. The monoisotopic (exact) mass is 296 g/mol. The van der Waals surface area contributed by atoms with E-state index in [0.29, 0.717) is 23.1 Å². The quantitative estimate of drug-likeness (QED) is 0.945. The number of carbonyl (C=O) groups is 1. The molecule has 2 aromatic rings. The molecule has 2 aromatic heterocycles. The second kappa shape index (κ2) is 5.60. The van der Waals surface area contributed by atoms with Crippen LogP contribution in [0.5, 0.6) is 0 Å². The highest BCUT2D eigenvalue weighted by Crippen LogP contribution is 2.15. The average Bonchev–Trinajstić information content (AvgIpc) is 2.50. The number of hydrogen-bond donors (Lipinski definition) is 1. The van der Waals surface area contributed by atoms with Crippen molar-refractivity contribution in [3.05, 3.63) is 63.7 Å². The van der Waals surface area contributed by atoms with Gasteiger partial charge < -0.3 is 9.67 Å². The van der Waals surface area contributed by atoms with Crippen molar-refractivity contribution in [3.8, 4) is 0 Å². The largest absolute Gasteiger partial charge is 0.478 e. The molecule has 112 valence electrons. The van der Waals surface area contributed by atoms with E-state index < -0.39 is 5.97 Å². The number of aromatic nitrogens is 2. The molecule has 0 radical (unpaired) electrons. The Morgan fingerprint density at radius 1 is 1.41 bits per heavy atom. The van der Waals surface area contributed by atoms with Gasteiger partial charge >= 0.3 is 5.97 Å². The van der Waals surface area contributed by atoms with Crippen LogP contribution in [-0.4, -0.2) is 20.6 Å². The third kappa shape index (κ3) is 2.57. The van der Waals surface area contributed by atoms with Gasteiger partial charge in [0.2, 0.25) is 0 Å². The van der Waals surface area contributed by atoms with Crippen LogP contribution in [-0.2, 0) is 6.54 Å². The molecule has 0 atom stereocenters. The molecular weight excluding hydrogens is 280 g/mol. The van der Waals surface area contributed by atoms with Crippen molar-refractivity contribution in [1.29, 1.82) is 0 Å². The van der Waals surface area contributed by atoms with E-state index in [-0.39, 0.29) is 11.1 Å². The van der Waals surface area contributed by atoms with Gasteiger partial charge in [-0.25, -0.2) is 4.79 Å². The van der Waals surface area contributed by atoms with Crippen LogP contribution in [0.4, 0.5) is 0 Å². The molecule has 0 saturated heterocycles. The van der Waals surface area contributed by atoms with Gasteiger partial charge in [-0.2, -0.15) is 0 Å². The Morgan fingerprint density at radius 2 is 2.23 bits per heavy atom. The summed E-state index contributed by atoms with van der Waals surface area (Å²) in [6, 6.07) is 3.17. The minimum absolute atomic E-state index is 0.0686. The van der Waals surface area contributed by atoms with Crippen LogP contribution in [0.2, 0.25) is 0 Å². The number of aromatic carboxylic acids is 1. The van der Waals surface area contributed by atoms with Crippen molar-refractivity contribution in [1.82, 2.24) is 9.55 Å². The van der Waals surface area contributed by atoms with Crippen molar-refractivity contribution >= 4 is 16.9 Å². The van der Waals surface area contributed by atoms with Gasteiger partial charge in [0, 0.05) is 6.20 Å². The third-order valence-electron chi connectivity index (χ3n) is 3.80. The standard InChI is InChI=1S/C17H16N2O3/c1-11-13(17(21)22)9-14-15(18-11)7-8-19(16(14)20)10-12-5-3-2-4-6-12/h3,5-9H,2,4,10H2,1H3,(H,21,22). The Hall–Kier alpha value is -2.69. The lowest BCUT2D eigenvalue weighted by Gasteiger charge is -2.11. The van der Waals surface area contributed by atoms with Crippen molar-refractivity contribution in [3.63, 3.8) is 0 Å². The van der Waals surface area contributed by atoms with E-state index >= 15 is 0 Å². The number of nitrogens with zero attached hydrogens (tertiary/aromatic N) is 2. The van der Waals surface area contributed by atoms with Gasteiger partial charge in [-0.15, -0.1) is 0 Å². The van der Waals surface area contributed by atoms with E-state index in [0.717, 1.165) is 18.4 Å². The first-order chi connectivity index (χ1) is 10.6. The van der Waals surface area contributed by atoms with E-state index in [2.05, 4.69) is 17.1 Å². The maximum absolute atomic E-state index is 12.6. The summed E-state index contributed by atoms with van der Waals surface area (Å²) in [5, 5.41) is 9.52. The first kappa shape index (κ1) is 14.3. The first-order valence-corrected chi connectivity index (χ1v) is 7.16. The number of fused-ring (bicyclic) bond motifs is 1. The molecule has 5 heteroatoms. The fourth-order valence-corrected chi connectivity index (χ4v) is 2.63. The Kier molecular flexibility index (Phi) is 3.63. The van der Waals surface area contributed by atoms with E-state index in [1.807, 2.05) is 6.08 Å². The van der Waals surface area contributed by atoms with Gasteiger partial charge in [0.05, 0.1) is 28.7 Å². The zero-order chi connectivity index (χ0) is 15.7. The van der Waals surface area contributed by atoms with Crippen molar-refractivity contribution in [2.75, 3.05) is 0 Å². The van der Waals surface area contributed by atoms with Crippen molar-refractivity contribution < 1.29 is 9.90 Å². The molecule has 5 nitrogen and oxygen atoms in total. The second-order valence-electron chi connectivity index (χ2n) is 5.37. The molecule has 0 unspecified atom stereocenters. The van der Waals surface area contributed by atoms with Gasteiger partial charge in [-0.05, 0) is 37.5 Å². The van der Waals surface area contributed by atoms with Gasteiger partial charge in [0.15, 0.2) is 0 Å². The average molecular weight is 296 g/mol. The molecule has 22 heavy (non-hydrogen) atoms. The second-order valence-corrected chi connectivity index (χ2v) is 5.37. The molecule has 1 aliphatic carbocycles. The zero-order valence-electron chi connectivity index (χ0n) is 12.2. The van der Waals surface area contributed by atoms with Gasteiger partial charge in [-0.3, -0.25) is 9.78 Å². The molecule has 0 aromatic carbocycles. The molecule has 1 N–H and O–H groups in total. The van der Waals surface area contributed by atoms with Crippen LogP contribution in [0, 0.1) is 6.92 Å². The summed E-state index contributed by atoms with van der Waals surface area (Å²) in [5.41, 5.74) is 1.88. The van der Waals surface area contributed by atoms with Crippen molar-refractivity contribution in [2.45, 2.75) is 26.3 Å². The number of aryl methyl sites for hydroxylation is 1. The number of allylic oxidation sites excluding steroid dienone is 4. The highest BCUT2D eigenvalue weighted by Gasteiger charge is 2.13. The summed E-state index contributed by atoms with van der Waals surface area (Å²) in [6.07, 6.45) is 9.96. The van der Waals surface area contributed by atoms with Gasteiger partial charge in [-0.1, -0.05) is 18.2 Å². The predicted molar refractivity (Wildman–Crippen MR) is 84.2 cm³/mol. The Labute approximate surface area is 127 Å². The van der Waals surface area contributed by atoms with Gasteiger partial charge in [0.25, 0.3) is 5.56 Å². The molecule has 0 bridgehead atoms. The number of pyridine rings is 2. The lowest BCUT2D eigenvalue weighted by molar-refractivity contribution is 0.0696. The fourth-order valence-electron chi connectivity index (χ4n) is 2.63. The van der Waals surface area contributed by atoms with Gasteiger partial charge in [0.1, 0.15) is 0 Å². The Morgan fingerprint density at radius 3 is 2.91 bits per heavy atom. The molecule has 3 rings (SSSR count). The van der Waals surface area contributed by atoms with Crippen LogP contribution in [0.3, 0.4) is 0 Å². The zero-order valence-corrected chi connectivity index (χ0v) is 12.2. The Bertz CT molecular complexity index is 875. The summed E-state index contributed by atoms with van der Waals surface area (Å²) in [4.78, 5) is 28.0. The van der Waals surface area contributed by atoms with E-state index in [1.54, 1.807) is 23.8 Å². The lowest BCUT2D eigenvalue weighted by atomic mass is 10.1. The first-order valence-electron chi connectivity index (χ1n) is 7.16. The highest BCUT2D eigenvalue weighted by molar-refractivity contribution is 5.93. The minimum Gasteiger partial charge on any atom is -0.478 e. The minimum atomic E-state index is -1.07. The normalized spacial score (nSPS) is 14.1. The van der Waals surface area contributed by atoms with E-state index in [4.69, 9.17) is 0 Å². The maximum Gasteiger partial charge on any atom is 0.337 e. The molecule has 0 spiro atoms. The third-order valence-corrected chi connectivity index (χ3v) is 3.80. The molecule has 0 fully saturated rings. The maximum atomic E-state index is 12.6. The van der Waals surface area contributed by atoms with Crippen LogP contribution in [0.25, 0.3) is 10.9 Å². The lowest BCUT2D eigenvalue weighted by Crippen LogP contribution is -2.21. The number of carboxylic acid groups (broad SMARTS) is 1. The fraction of sp³-hybridized carbons (Fsp3) is 0.235. The summed E-state index contributed by atoms with van der Waals surface area (Å²) < 4.78 is 1.59. The van der Waals surface area contributed by atoms with Crippen molar-refractivity contribution in [2.24, 2.45) is 0 Å². The SMILES string of the molecule is Cc1nc2ccn(CC3=CCCC=C3)c(=O)c2cc1C(=O)O. The smallest absolute Gasteiger partial charge is 0.337 e. The molecule has 0 aliphatic heterocycles. The summed E-state index contributed by atoms with van der Waals surface area (Å²) in [5.74, 6) is -1.07. The van der Waals surface area contributed by atoms with Crippen LogP contribution in [0.15, 0.2) is 46.9 Å². The Balaban J connectivity index is 2.10. The summed E-state index contributed by atoms with van der Waals surface area (Å²) >= 11 is 0. The molecular formula is C17H16N2O3. The number of hydrogen-bond acceptors (Lipinski definition) is 3. The van der Waals surface area contributed by atoms with Crippen LogP contribution >= 0.6 is 0 Å². The molecule has 1 aliphatic rings. The van der Waals surface area contributed by atoms with Crippen LogP contribution < -0.4 is 5.56 Å². The number of rotatable bonds is 3. The van der Waals surface area contributed by atoms with Crippen LogP contribution in [0.1, 0.15) is 28.9 Å².